The lowest BCUT2D eigenvalue weighted by Crippen LogP contribution is -1.92. The number of pyridine rings is 2. The third-order valence-corrected chi connectivity index (χ3v) is 4.20. The molecular formula is C23H17N3O. The van der Waals surface area contributed by atoms with Gasteiger partial charge < -0.3 is 4.42 Å². The molecule has 4 aromatic rings. The van der Waals surface area contributed by atoms with Crippen LogP contribution in [0.1, 0.15) is 17.0 Å². The van der Waals surface area contributed by atoms with Gasteiger partial charge in [-0.2, -0.15) is 0 Å². The van der Waals surface area contributed by atoms with E-state index in [4.69, 9.17) is 4.42 Å². The lowest BCUT2D eigenvalue weighted by Gasteiger charge is -2.10. The number of rotatable bonds is 5. The van der Waals surface area contributed by atoms with Gasteiger partial charge in [0, 0.05) is 35.9 Å². The number of benzene rings is 1. The third kappa shape index (κ3) is 3.46. The van der Waals surface area contributed by atoms with Gasteiger partial charge in [0.1, 0.15) is 5.52 Å². The maximum Gasteiger partial charge on any atom is 0.227 e. The molecular weight excluding hydrogens is 334 g/mol. The molecule has 4 rings (SSSR count). The molecule has 0 fully saturated rings. The Kier molecular flexibility index (Phi) is 4.45. The zero-order valence-corrected chi connectivity index (χ0v) is 14.7. The Hall–Kier alpha value is -3.79. The second-order valence-electron chi connectivity index (χ2n) is 6.03. The molecule has 0 aliphatic heterocycles. The van der Waals surface area contributed by atoms with E-state index in [2.05, 4.69) is 28.1 Å². The molecule has 0 saturated carbocycles. The van der Waals surface area contributed by atoms with Crippen LogP contribution in [-0.4, -0.2) is 15.0 Å². The molecule has 0 aliphatic rings. The minimum Gasteiger partial charge on any atom is -0.436 e. The summed E-state index contributed by atoms with van der Waals surface area (Å²) in [7, 11) is 0. The van der Waals surface area contributed by atoms with Gasteiger partial charge in [-0.15, -0.1) is 0 Å². The average molecular weight is 351 g/mol. The minimum atomic E-state index is 0.477. The first-order valence-electron chi connectivity index (χ1n) is 8.49. The zero-order chi connectivity index (χ0) is 18.6. The first-order chi connectivity index (χ1) is 13.2. The number of hydrogen-bond acceptors (Lipinski definition) is 4. The molecule has 0 aliphatic carbocycles. The van der Waals surface area contributed by atoms with Crippen molar-refractivity contribution >= 4 is 27.8 Å². The van der Waals surface area contributed by atoms with Crippen LogP contribution in [0.3, 0.4) is 0 Å². The molecule has 0 amide bonds. The van der Waals surface area contributed by atoms with Gasteiger partial charge in [-0.1, -0.05) is 37.4 Å². The highest BCUT2D eigenvalue weighted by atomic mass is 16.3. The number of hydrogen-bond donors (Lipinski definition) is 0. The molecule has 0 saturated heterocycles. The molecule has 4 heteroatoms. The van der Waals surface area contributed by atoms with Gasteiger partial charge in [0.15, 0.2) is 5.58 Å². The summed E-state index contributed by atoms with van der Waals surface area (Å²) in [5.41, 5.74) is 5.71. The first-order valence-corrected chi connectivity index (χ1v) is 8.49. The first kappa shape index (κ1) is 16.7. The van der Waals surface area contributed by atoms with Crippen molar-refractivity contribution in [1.82, 2.24) is 15.0 Å². The van der Waals surface area contributed by atoms with Crippen LogP contribution < -0.4 is 0 Å². The molecule has 3 aromatic heterocycles. The summed E-state index contributed by atoms with van der Waals surface area (Å²) in [5.74, 6) is 0.477. The van der Waals surface area contributed by atoms with E-state index in [0.717, 1.165) is 33.4 Å². The lowest BCUT2D eigenvalue weighted by atomic mass is 9.96. The van der Waals surface area contributed by atoms with E-state index in [9.17, 15) is 0 Å². The molecule has 0 unspecified atom stereocenters. The summed E-state index contributed by atoms with van der Waals surface area (Å²) in [6.07, 6.45) is 9.00. The molecule has 0 bridgehead atoms. The van der Waals surface area contributed by atoms with E-state index in [1.807, 2.05) is 54.6 Å². The molecule has 0 N–H and O–H groups in total. The number of oxazole rings is 1. The van der Waals surface area contributed by atoms with Crippen molar-refractivity contribution in [1.29, 1.82) is 0 Å². The Labute approximate surface area is 157 Å². The van der Waals surface area contributed by atoms with Crippen LogP contribution >= 0.6 is 0 Å². The Morgan fingerprint density at radius 1 is 0.852 bits per heavy atom. The van der Waals surface area contributed by atoms with Crippen molar-refractivity contribution in [2.75, 3.05) is 0 Å². The molecule has 4 nitrogen and oxygen atoms in total. The van der Waals surface area contributed by atoms with E-state index in [1.54, 1.807) is 24.8 Å². The van der Waals surface area contributed by atoms with E-state index < -0.39 is 0 Å². The van der Waals surface area contributed by atoms with Gasteiger partial charge in [-0.25, -0.2) is 4.98 Å². The molecule has 3 heterocycles. The summed E-state index contributed by atoms with van der Waals surface area (Å²) in [5, 5.41) is 0. The van der Waals surface area contributed by atoms with Gasteiger partial charge in [0.05, 0.1) is 0 Å². The predicted molar refractivity (Wildman–Crippen MR) is 109 cm³/mol. The summed E-state index contributed by atoms with van der Waals surface area (Å²) in [6, 6.07) is 15.4. The molecule has 130 valence electrons. The molecule has 27 heavy (non-hydrogen) atoms. The highest BCUT2D eigenvalue weighted by molar-refractivity contribution is 6.06. The SMILES string of the molecule is C=C(/C=C(\C(=C)c1nc2ccccc2o1)c1cccnc1)c1cccnc1. The fourth-order valence-corrected chi connectivity index (χ4v) is 2.79. The number of fused-ring (bicyclic) bond motifs is 1. The van der Waals surface area contributed by atoms with Crippen LogP contribution in [0, 0.1) is 0 Å². The number of nitrogens with zero attached hydrogens (tertiary/aromatic N) is 3. The topological polar surface area (TPSA) is 51.8 Å². The molecule has 1 aromatic carbocycles. The summed E-state index contributed by atoms with van der Waals surface area (Å²) < 4.78 is 5.91. The van der Waals surface area contributed by atoms with Crippen molar-refractivity contribution in [3.8, 4) is 0 Å². The second-order valence-corrected chi connectivity index (χ2v) is 6.03. The number of allylic oxidation sites excluding steroid dienone is 4. The Balaban J connectivity index is 1.79. The maximum absolute atomic E-state index is 5.91. The average Bonchev–Trinajstić information content (AvgIpc) is 3.17. The highest BCUT2D eigenvalue weighted by Crippen LogP contribution is 2.33. The Morgan fingerprint density at radius 2 is 1.56 bits per heavy atom. The quantitative estimate of drug-likeness (QED) is 0.450. The second kappa shape index (κ2) is 7.22. The van der Waals surface area contributed by atoms with Gasteiger partial charge >= 0.3 is 0 Å². The normalized spacial score (nSPS) is 11.5. The van der Waals surface area contributed by atoms with E-state index in [1.165, 1.54) is 0 Å². The Bertz CT molecular complexity index is 1110. The number of aromatic nitrogens is 3. The van der Waals surface area contributed by atoms with E-state index in [0.29, 0.717) is 11.5 Å². The number of para-hydroxylation sites is 2. The summed E-state index contributed by atoms with van der Waals surface area (Å²) >= 11 is 0. The zero-order valence-electron chi connectivity index (χ0n) is 14.7. The van der Waals surface area contributed by atoms with Crippen LogP contribution in [-0.2, 0) is 0 Å². The van der Waals surface area contributed by atoms with Crippen LogP contribution in [0.2, 0.25) is 0 Å². The van der Waals surface area contributed by atoms with Gasteiger partial charge in [-0.3, -0.25) is 9.97 Å². The molecule has 0 atom stereocenters. The monoisotopic (exact) mass is 351 g/mol. The van der Waals surface area contributed by atoms with Gasteiger partial charge in [-0.05, 0) is 47.1 Å². The van der Waals surface area contributed by atoms with Crippen LogP contribution in [0.4, 0.5) is 0 Å². The summed E-state index contributed by atoms with van der Waals surface area (Å²) in [6.45, 7) is 8.41. The third-order valence-electron chi connectivity index (χ3n) is 4.20. The maximum atomic E-state index is 5.91. The molecule has 0 spiro atoms. The lowest BCUT2D eigenvalue weighted by molar-refractivity contribution is 0.586. The fraction of sp³-hybridized carbons (Fsp3) is 0. The van der Waals surface area contributed by atoms with Crippen LogP contribution in [0.5, 0.6) is 0 Å². The van der Waals surface area contributed by atoms with Crippen molar-refractivity contribution < 1.29 is 4.42 Å². The minimum absolute atomic E-state index is 0.477. The fourth-order valence-electron chi connectivity index (χ4n) is 2.79. The Morgan fingerprint density at radius 3 is 2.22 bits per heavy atom. The van der Waals surface area contributed by atoms with Crippen LogP contribution in [0.25, 0.3) is 27.8 Å². The highest BCUT2D eigenvalue weighted by Gasteiger charge is 2.15. The van der Waals surface area contributed by atoms with Crippen molar-refractivity contribution in [3.63, 3.8) is 0 Å². The molecule has 0 radical (unpaired) electrons. The smallest absolute Gasteiger partial charge is 0.227 e. The van der Waals surface area contributed by atoms with Crippen LogP contribution in [0.15, 0.2) is 97.0 Å². The van der Waals surface area contributed by atoms with Crippen molar-refractivity contribution in [2.45, 2.75) is 0 Å². The summed E-state index contributed by atoms with van der Waals surface area (Å²) in [4.78, 5) is 13.0. The van der Waals surface area contributed by atoms with E-state index >= 15 is 0 Å². The van der Waals surface area contributed by atoms with Crippen molar-refractivity contribution in [3.05, 3.63) is 110 Å². The van der Waals surface area contributed by atoms with Gasteiger partial charge in [0.2, 0.25) is 5.89 Å². The van der Waals surface area contributed by atoms with E-state index in [-0.39, 0.29) is 0 Å². The predicted octanol–water partition coefficient (Wildman–Crippen LogP) is 5.43. The standard InChI is InChI=1S/C23H17N3O/c1-16(18-7-5-11-24-14-18)13-20(19-8-6-12-25-15-19)17(2)23-26-21-9-3-4-10-22(21)27-23/h3-15H,1-2H2/b20-13+. The largest absolute Gasteiger partial charge is 0.436 e. The van der Waals surface area contributed by atoms with Gasteiger partial charge in [0.25, 0.3) is 0 Å². The van der Waals surface area contributed by atoms with Crippen molar-refractivity contribution in [2.24, 2.45) is 0 Å².